The molecular weight excluding hydrogens is 751 g/mol. The van der Waals surface area contributed by atoms with Gasteiger partial charge >= 0.3 is 26.5 Å². The number of rotatable bonds is 12. The number of halogens is 6. The van der Waals surface area contributed by atoms with Gasteiger partial charge < -0.3 is 4.18 Å². The van der Waals surface area contributed by atoms with Gasteiger partial charge in [-0.25, -0.2) is 8.42 Å². The van der Waals surface area contributed by atoms with Crippen molar-refractivity contribution in [3.8, 4) is 5.75 Å². The van der Waals surface area contributed by atoms with Crippen LogP contribution in [0, 0.1) is 11.8 Å². The zero-order valence-electron chi connectivity index (χ0n) is 28.3. The fourth-order valence-corrected chi connectivity index (χ4v) is 12.3. The predicted molar refractivity (Wildman–Crippen MR) is 187 cm³/mol. The van der Waals surface area contributed by atoms with Gasteiger partial charge in [-0.05, 0) is 113 Å². The van der Waals surface area contributed by atoms with Crippen molar-refractivity contribution in [2.45, 2.75) is 89.0 Å². The van der Waals surface area contributed by atoms with Gasteiger partial charge in [-0.2, -0.15) is 50.0 Å². The Morgan fingerprint density at radius 1 is 0.654 bits per heavy atom. The number of thiol groups is 1. The van der Waals surface area contributed by atoms with Crippen molar-refractivity contribution in [1.29, 1.82) is 0 Å². The molecule has 0 radical (unpaired) electrons. The second-order valence-electron chi connectivity index (χ2n) is 13.8. The molecule has 0 aromatic heterocycles. The Bertz CT molecular complexity index is 1930. The van der Waals surface area contributed by atoms with Crippen LogP contribution in [0.5, 0.6) is 5.75 Å². The van der Waals surface area contributed by atoms with E-state index in [0.29, 0.717) is 24.3 Å². The Morgan fingerprint density at radius 3 is 1.96 bits per heavy atom. The molecule has 1 saturated carbocycles. The molecule has 3 unspecified atom stereocenters. The van der Waals surface area contributed by atoms with E-state index >= 15 is 26.3 Å². The van der Waals surface area contributed by atoms with Crippen molar-refractivity contribution in [1.82, 2.24) is 9.21 Å². The summed E-state index contributed by atoms with van der Waals surface area (Å²) in [4.78, 5) is 4.37. The first-order valence-corrected chi connectivity index (χ1v) is 21.6. The standard InChI is InChI=1S/C36H42F6N2O5S3/c37-34(38,35(39,40)51(45,46)44-22-19-28-12-5-6-13-29(28)26-44)36(41,42)52(47,48)49-30-14-10-18-33(24-30)50(31-15-3-1-4-16-31)32-17-9-11-27(23-32)25-43-20-7-2-8-21-43/h1,3-4,9-11,14-18,23-24,28-29,50H,2,5-8,12-13,19-22,25-26H2. The first-order valence-electron chi connectivity index (χ1n) is 17.4. The van der Waals surface area contributed by atoms with Crippen LogP contribution in [-0.4, -0.2) is 68.7 Å². The third-order valence-electron chi connectivity index (χ3n) is 10.3. The summed E-state index contributed by atoms with van der Waals surface area (Å²) in [7, 11) is -14.8. The fraction of sp³-hybridized carbons (Fsp3) is 0.500. The molecule has 0 N–H and O–H groups in total. The molecule has 3 aliphatic rings. The number of likely N-dealkylation sites (tertiary alicyclic amines) is 1. The summed E-state index contributed by atoms with van der Waals surface area (Å²) in [5, 5.41) is -13.1. The molecule has 6 rings (SSSR count). The molecule has 52 heavy (non-hydrogen) atoms. The van der Waals surface area contributed by atoms with E-state index in [-0.39, 0.29) is 22.6 Å². The Labute approximate surface area is 303 Å². The number of fused-ring (bicyclic) bond motifs is 1. The number of alkyl halides is 6. The summed E-state index contributed by atoms with van der Waals surface area (Å²) in [6.07, 6.45) is 6.23. The Morgan fingerprint density at radius 2 is 1.27 bits per heavy atom. The molecule has 7 nitrogen and oxygen atoms in total. The molecule has 2 saturated heterocycles. The normalized spacial score (nSPS) is 22.4. The number of hydrogen-bond donors (Lipinski definition) is 1. The number of benzene rings is 3. The molecule has 286 valence electrons. The molecular formula is C36H42F6N2O5S3. The first-order chi connectivity index (χ1) is 24.5. The highest BCUT2D eigenvalue weighted by Gasteiger charge is 2.83. The number of hydrogen-bond acceptors (Lipinski definition) is 6. The van der Waals surface area contributed by atoms with E-state index in [0.717, 1.165) is 66.3 Å². The summed E-state index contributed by atoms with van der Waals surface area (Å²) in [6, 6.07) is 21.7. The van der Waals surface area contributed by atoms with Crippen LogP contribution in [0.25, 0.3) is 0 Å². The minimum atomic E-state index is -6.90. The van der Waals surface area contributed by atoms with Gasteiger partial charge in [-0.15, -0.1) is 0 Å². The summed E-state index contributed by atoms with van der Waals surface area (Å²) < 4.78 is 148. The highest BCUT2D eigenvalue weighted by Crippen LogP contribution is 2.54. The minimum absolute atomic E-state index is 0.00623. The number of nitrogens with zero attached hydrogens (tertiary/aromatic N) is 2. The molecule has 3 aromatic rings. The third kappa shape index (κ3) is 7.46. The lowest BCUT2D eigenvalue weighted by Gasteiger charge is -2.42. The highest BCUT2D eigenvalue weighted by molar-refractivity contribution is 8.17. The van der Waals surface area contributed by atoms with Crippen LogP contribution in [0.4, 0.5) is 26.3 Å². The Balaban J connectivity index is 1.27. The van der Waals surface area contributed by atoms with E-state index in [1.165, 1.54) is 12.5 Å². The van der Waals surface area contributed by atoms with E-state index in [1.54, 1.807) is 24.3 Å². The van der Waals surface area contributed by atoms with Crippen LogP contribution in [0.2, 0.25) is 0 Å². The number of sulfonamides is 1. The van der Waals surface area contributed by atoms with E-state index in [9.17, 15) is 16.8 Å². The predicted octanol–water partition coefficient (Wildman–Crippen LogP) is 8.52. The lowest BCUT2D eigenvalue weighted by Crippen LogP contribution is -2.64. The molecule has 1 aliphatic carbocycles. The highest BCUT2D eigenvalue weighted by atomic mass is 32.2. The molecule has 3 fully saturated rings. The van der Waals surface area contributed by atoms with Crippen molar-refractivity contribution in [2.24, 2.45) is 11.8 Å². The van der Waals surface area contributed by atoms with Crippen molar-refractivity contribution in [3.63, 3.8) is 0 Å². The monoisotopic (exact) mass is 792 g/mol. The second-order valence-corrected chi connectivity index (χ2v) is 19.6. The maximum absolute atomic E-state index is 15.3. The van der Waals surface area contributed by atoms with Gasteiger partial charge in [0.2, 0.25) is 0 Å². The lowest BCUT2D eigenvalue weighted by atomic mass is 9.76. The quantitative estimate of drug-likeness (QED) is 0.113. The van der Waals surface area contributed by atoms with E-state index in [1.807, 2.05) is 36.4 Å². The smallest absolute Gasteiger partial charge is 0.378 e. The van der Waals surface area contributed by atoms with Gasteiger partial charge in [0.15, 0.2) is 0 Å². The van der Waals surface area contributed by atoms with Gasteiger partial charge in [-0.1, -0.05) is 62.1 Å². The van der Waals surface area contributed by atoms with E-state index in [2.05, 4.69) is 9.08 Å². The lowest BCUT2D eigenvalue weighted by molar-refractivity contribution is -0.246. The molecule has 16 heteroatoms. The van der Waals surface area contributed by atoms with Crippen LogP contribution in [0.1, 0.15) is 56.9 Å². The zero-order chi connectivity index (χ0) is 37.4. The van der Waals surface area contributed by atoms with Crippen molar-refractivity contribution in [2.75, 3.05) is 26.2 Å². The van der Waals surface area contributed by atoms with Crippen molar-refractivity contribution < 1.29 is 47.4 Å². The van der Waals surface area contributed by atoms with Crippen LogP contribution >= 0.6 is 10.9 Å². The largest absolute Gasteiger partial charge is 0.450 e. The molecule has 3 aromatic carbocycles. The van der Waals surface area contributed by atoms with Gasteiger partial charge in [0.05, 0.1) is 0 Å². The van der Waals surface area contributed by atoms with Crippen molar-refractivity contribution in [3.05, 3.63) is 84.4 Å². The third-order valence-corrected chi connectivity index (χ3v) is 15.9. The minimum Gasteiger partial charge on any atom is -0.378 e. The van der Waals surface area contributed by atoms with E-state index in [4.69, 9.17) is 0 Å². The average molecular weight is 793 g/mol. The summed E-state index contributed by atoms with van der Waals surface area (Å²) in [6.45, 7) is 1.53. The molecule has 0 amide bonds. The Kier molecular flexibility index (Phi) is 11.3. The molecule has 0 bridgehead atoms. The molecule has 3 atom stereocenters. The van der Waals surface area contributed by atoms with Gasteiger partial charge in [0.1, 0.15) is 5.75 Å². The van der Waals surface area contributed by atoms with Crippen LogP contribution in [-0.2, 0) is 26.7 Å². The van der Waals surface area contributed by atoms with Crippen molar-refractivity contribution >= 4 is 31.0 Å². The SMILES string of the molecule is O=S(=O)(Oc1cccc([SH](c2ccccc2)c2cccc(CN3CCCCC3)c2)c1)C(F)(F)C(F)(F)C(F)(F)S(=O)(=O)N1CCC2CCCCC2C1. The van der Waals surface area contributed by atoms with E-state index < -0.39 is 66.3 Å². The second kappa shape index (κ2) is 15.2. The molecule has 0 spiro atoms. The van der Waals surface area contributed by atoms with Gasteiger partial charge in [-0.3, -0.25) is 4.90 Å². The van der Waals surface area contributed by atoms with Crippen LogP contribution in [0.15, 0.2) is 93.5 Å². The summed E-state index contributed by atoms with van der Waals surface area (Å²) in [5.74, 6) is -8.11. The van der Waals surface area contributed by atoms with Gasteiger partial charge in [0.25, 0.3) is 10.0 Å². The maximum atomic E-state index is 15.3. The average Bonchev–Trinajstić information content (AvgIpc) is 3.12. The summed E-state index contributed by atoms with van der Waals surface area (Å²) >= 11 is 0. The molecule has 2 aliphatic heterocycles. The molecule has 2 heterocycles. The first kappa shape index (κ1) is 38.9. The zero-order valence-corrected chi connectivity index (χ0v) is 30.8. The van der Waals surface area contributed by atoms with Crippen LogP contribution in [0.3, 0.4) is 0 Å². The topological polar surface area (TPSA) is 84.0 Å². The fourth-order valence-electron chi connectivity index (χ4n) is 7.48. The van der Waals surface area contributed by atoms with Crippen LogP contribution < -0.4 is 4.18 Å². The summed E-state index contributed by atoms with van der Waals surface area (Å²) in [5.41, 5.74) is 1.03. The van der Waals surface area contributed by atoms with Gasteiger partial charge in [0, 0.05) is 19.6 Å². The maximum Gasteiger partial charge on any atom is 0.450 e. The number of piperidine rings is 2. The Hall–Kier alpha value is -2.79.